The van der Waals surface area contributed by atoms with Gasteiger partial charge in [-0.2, -0.15) is 0 Å². The lowest BCUT2D eigenvalue weighted by molar-refractivity contribution is -0.145. The number of Topliss-reactive ketones (excluding diaryl/α,β-unsaturated/α-hetero) is 1. The number of aryl methyl sites for hydroxylation is 1. The fraction of sp³-hybridized carbons (Fsp3) is 0.200. The molecule has 0 aromatic heterocycles. The molecule has 0 saturated heterocycles. The highest BCUT2D eigenvalue weighted by molar-refractivity contribution is 6.32. The lowest BCUT2D eigenvalue weighted by Crippen LogP contribution is -2.14. The van der Waals surface area contributed by atoms with Gasteiger partial charge in [-0.15, -0.1) is 0 Å². The minimum atomic E-state index is -0.457. The van der Waals surface area contributed by atoms with Crippen molar-refractivity contribution in [2.75, 3.05) is 13.2 Å². The Balaban J connectivity index is 1.84. The van der Waals surface area contributed by atoms with Crippen molar-refractivity contribution in [3.05, 3.63) is 63.9 Å². The van der Waals surface area contributed by atoms with Crippen LogP contribution in [0.15, 0.2) is 42.2 Å². The third-order valence-electron chi connectivity index (χ3n) is 3.80. The van der Waals surface area contributed by atoms with E-state index in [1.165, 1.54) is 0 Å². The minimum Gasteiger partial charge on any atom is -0.482 e. The van der Waals surface area contributed by atoms with Gasteiger partial charge in [0.25, 0.3) is 0 Å². The van der Waals surface area contributed by atoms with Crippen LogP contribution >= 0.6 is 11.6 Å². The first-order valence-corrected chi connectivity index (χ1v) is 8.49. The number of halogens is 1. The van der Waals surface area contributed by atoms with Crippen molar-refractivity contribution in [1.29, 1.82) is 0 Å². The summed E-state index contributed by atoms with van der Waals surface area (Å²) in [6.07, 6.45) is 1.61. The van der Waals surface area contributed by atoms with E-state index in [2.05, 4.69) is 0 Å². The molecule has 0 aliphatic carbocycles. The molecule has 0 radical (unpaired) electrons. The standard InChI is InChI=1S/C20H17ClO5/c1-3-24-18(22)11-25-14-8-12(2)19-16(10-14)26-17(20(19)23)9-13-6-4-5-7-15(13)21/h4-10H,3,11H2,1-2H3/b17-9-. The topological polar surface area (TPSA) is 61.8 Å². The van der Waals surface area contributed by atoms with Crippen molar-refractivity contribution in [1.82, 2.24) is 0 Å². The van der Waals surface area contributed by atoms with Gasteiger partial charge in [-0.05, 0) is 43.2 Å². The van der Waals surface area contributed by atoms with Gasteiger partial charge in [0, 0.05) is 11.1 Å². The maximum atomic E-state index is 12.6. The summed E-state index contributed by atoms with van der Waals surface area (Å²) in [6, 6.07) is 10.5. The van der Waals surface area contributed by atoms with Crippen LogP contribution in [0.4, 0.5) is 0 Å². The third-order valence-corrected chi connectivity index (χ3v) is 4.14. The lowest BCUT2D eigenvalue weighted by atomic mass is 10.0. The molecular formula is C20H17ClO5. The summed E-state index contributed by atoms with van der Waals surface area (Å²) in [6.45, 7) is 3.60. The maximum Gasteiger partial charge on any atom is 0.344 e. The predicted octanol–water partition coefficient (Wildman–Crippen LogP) is 4.21. The number of hydrogen-bond acceptors (Lipinski definition) is 5. The molecule has 0 fully saturated rings. The molecule has 0 amide bonds. The summed E-state index contributed by atoms with van der Waals surface area (Å²) in [5.74, 6) is 0.350. The molecule has 26 heavy (non-hydrogen) atoms. The van der Waals surface area contributed by atoms with Gasteiger partial charge >= 0.3 is 5.97 Å². The molecule has 0 saturated carbocycles. The Hall–Kier alpha value is -2.79. The molecule has 134 valence electrons. The Kier molecular flexibility index (Phi) is 5.28. The smallest absolute Gasteiger partial charge is 0.344 e. The second kappa shape index (κ2) is 7.62. The Morgan fingerprint density at radius 2 is 2.04 bits per heavy atom. The van der Waals surface area contributed by atoms with E-state index in [0.29, 0.717) is 39.8 Å². The molecule has 2 aromatic rings. The van der Waals surface area contributed by atoms with Crippen molar-refractivity contribution in [3.63, 3.8) is 0 Å². The quantitative estimate of drug-likeness (QED) is 0.581. The number of allylic oxidation sites excluding steroid dienone is 1. The predicted molar refractivity (Wildman–Crippen MR) is 97.7 cm³/mol. The highest BCUT2D eigenvalue weighted by Crippen LogP contribution is 2.37. The van der Waals surface area contributed by atoms with Gasteiger partial charge in [0.1, 0.15) is 11.5 Å². The first-order chi connectivity index (χ1) is 12.5. The van der Waals surface area contributed by atoms with Gasteiger partial charge < -0.3 is 14.2 Å². The molecular weight excluding hydrogens is 356 g/mol. The molecule has 5 nitrogen and oxygen atoms in total. The lowest BCUT2D eigenvalue weighted by Gasteiger charge is -2.08. The average Bonchev–Trinajstić information content (AvgIpc) is 2.91. The zero-order chi connectivity index (χ0) is 18.7. The Labute approximate surface area is 156 Å². The van der Waals surface area contributed by atoms with Gasteiger partial charge in [-0.1, -0.05) is 29.8 Å². The van der Waals surface area contributed by atoms with E-state index in [9.17, 15) is 9.59 Å². The van der Waals surface area contributed by atoms with E-state index in [1.54, 1.807) is 44.2 Å². The number of benzene rings is 2. The minimum absolute atomic E-state index is 0.193. The normalized spacial score (nSPS) is 14.1. The summed E-state index contributed by atoms with van der Waals surface area (Å²) >= 11 is 6.14. The van der Waals surface area contributed by atoms with Crippen LogP contribution in [0.1, 0.15) is 28.4 Å². The molecule has 0 unspecified atom stereocenters. The second-order valence-electron chi connectivity index (χ2n) is 5.67. The highest BCUT2D eigenvalue weighted by Gasteiger charge is 2.30. The Bertz CT molecular complexity index is 901. The van der Waals surface area contributed by atoms with Crippen LogP contribution in [0.5, 0.6) is 11.5 Å². The van der Waals surface area contributed by atoms with E-state index in [1.807, 2.05) is 12.1 Å². The van der Waals surface area contributed by atoms with Gasteiger partial charge in [-0.3, -0.25) is 4.79 Å². The summed E-state index contributed by atoms with van der Waals surface area (Å²) in [5.41, 5.74) is 1.88. The summed E-state index contributed by atoms with van der Waals surface area (Å²) in [4.78, 5) is 24.1. The maximum absolute atomic E-state index is 12.6. The fourth-order valence-electron chi connectivity index (χ4n) is 2.64. The van der Waals surface area contributed by atoms with Crippen LogP contribution in [0.3, 0.4) is 0 Å². The van der Waals surface area contributed by atoms with E-state index in [-0.39, 0.29) is 18.1 Å². The van der Waals surface area contributed by atoms with Crippen LogP contribution in [0.2, 0.25) is 5.02 Å². The number of esters is 1. The van der Waals surface area contributed by atoms with E-state index < -0.39 is 5.97 Å². The number of ketones is 1. The monoisotopic (exact) mass is 372 g/mol. The zero-order valence-corrected chi connectivity index (χ0v) is 15.1. The number of carbonyl (C=O) groups is 2. The molecule has 0 N–H and O–H groups in total. The number of fused-ring (bicyclic) bond motifs is 1. The molecule has 0 spiro atoms. The van der Waals surface area contributed by atoms with E-state index >= 15 is 0 Å². The average molecular weight is 373 g/mol. The second-order valence-corrected chi connectivity index (χ2v) is 6.08. The van der Waals surface area contributed by atoms with Gasteiger partial charge in [0.2, 0.25) is 5.78 Å². The van der Waals surface area contributed by atoms with Crippen molar-refractivity contribution in [2.24, 2.45) is 0 Å². The third kappa shape index (κ3) is 3.73. The molecule has 1 aliphatic rings. The van der Waals surface area contributed by atoms with Crippen LogP contribution in [-0.4, -0.2) is 25.0 Å². The van der Waals surface area contributed by atoms with Gasteiger partial charge in [-0.25, -0.2) is 4.79 Å². The van der Waals surface area contributed by atoms with Crippen LogP contribution in [0.25, 0.3) is 6.08 Å². The van der Waals surface area contributed by atoms with Crippen molar-refractivity contribution >= 4 is 29.4 Å². The van der Waals surface area contributed by atoms with Crippen molar-refractivity contribution in [2.45, 2.75) is 13.8 Å². The number of hydrogen-bond donors (Lipinski definition) is 0. The molecule has 1 aliphatic heterocycles. The molecule has 2 aromatic carbocycles. The number of ether oxygens (including phenoxy) is 3. The van der Waals surface area contributed by atoms with Crippen molar-refractivity contribution in [3.8, 4) is 11.5 Å². The molecule has 6 heteroatoms. The van der Waals surface area contributed by atoms with Crippen LogP contribution in [-0.2, 0) is 9.53 Å². The zero-order valence-electron chi connectivity index (χ0n) is 14.4. The van der Waals surface area contributed by atoms with Crippen LogP contribution < -0.4 is 9.47 Å². The van der Waals surface area contributed by atoms with Crippen LogP contribution in [0, 0.1) is 6.92 Å². The molecule has 0 atom stereocenters. The van der Waals surface area contributed by atoms with Gasteiger partial charge in [0.15, 0.2) is 12.4 Å². The number of carbonyl (C=O) groups excluding carboxylic acids is 2. The van der Waals surface area contributed by atoms with E-state index in [0.717, 1.165) is 0 Å². The number of rotatable bonds is 5. The fourth-order valence-corrected chi connectivity index (χ4v) is 2.83. The highest BCUT2D eigenvalue weighted by atomic mass is 35.5. The summed E-state index contributed by atoms with van der Waals surface area (Å²) < 4.78 is 16.0. The molecule has 0 bridgehead atoms. The largest absolute Gasteiger partial charge is 0.482 e. The van der Waals surface area contributed by atoms with Crippen molar-refractivity contribution < 1.29 is 23.8 Å². The molecule has 1 heterocycles. The Morgan fingerprint density at radius 3 is 2.77 bits per heavy atom. The first kappa shape index (κ1) is 18.0. The van der Waals surface area contributed by atoms with E-state index in [4.69, 9.17) is 25.8 Å². The first-order valence-electron chi connectivity index (χ1n) is 8.11. The Morgan fingerprint density at radius 1 is 1.27 bits per heavy atom. The SMILES string of the molecule is CCOC(=O)COc1cc(C)c2c(c1)O/C(=C\c1ccccc1Cl)C2=O. The van der Waals surface area contributed by atoms with Gasteiger partial charge in [0.05, 0.1) is 12.2 Å². The molecule has 3 rings (SSSR count). The summed E-state index contributed by atoms with van der Waals surface area (Å²) in [7, 11) is 0. The summed E-state index contributed by atoms with van der Waals surface area (Å²) in [5, 5.41) is 0.530.